The Balaban J connectivity index is 1.71. The Labute approximate surface area is 119 Å². The molecule has 2 heterocycles. The molecule has 0 bridgehead atoms. The first-order valence-electron chi connectivity index (χ1n) is 7.33. The number of thiophene rings is 1. The van der Waals surface area contributed by atoms with Crippen LogP contribution in [-0.4, -0.2) is 23.8 Å². The predicted octanol–water partition coefficient (Wildman–Crippen LogP) is 3.67. The molecule has 3 rings (SSSR count). The molecule has 19 heavy (non-hydrogen) atoms. The molecule has 1 aromatic heterocycles. The molecule has 1 aromatic rings. The van der Waals surface area contributed by atoms with Crippen molar-refractivity contribution in [3.63, 3.8) is 0 Å². The molecule has 0 amide bonds. The molecule has 2 atom stereocenters. The Kier molecular flexibility index (Phi) is 3.30. The number of fused-ring (bicyclic) bond motifs is 1. The highest BCUT2D eigenvalue weighted by Gasteiger charge is 2.41. The normalized spacial score (nSPS) is 30.6. The summed E-state index contributed by atoms with van der Waals surface area (Å²) in [6, 6.07) is 2.74. The molecule has 104 valence electrons. The van der Waals surface area contributed by atoms with E-state index >= 15 is 0 Å². The van der Waals surface area contributed by atoms with Crippen LogP contribution in [0.15, 0.2) is 11.4 Å². The van der Waals surface area contributed by atoms with Gasteiger partial charge in [-0.1, -0.05) is 13.8 Å². The first kappa shape index (κ1) is 13.3. The lowest BCUT2D eigenvalue weighted by atomic mass is 9.88. The van der Waals surface area contributed by atoms with Crippen LogP contribution in [0, 0.1) is 11.3 Å². The summed E-state index contributed by atoms with van der Waals surface area (Å²) in [6.45, 7) is 8.56. The highest BCUT2D eigenvalue weighted by Crippen LogP contribution is 2.40. The summed E-state index contributed by atoms with van der Waals surface area (Å²) in [7, 11) is 0. The van der Waals surface area contributed by atoms with Gasteiger partial charge in [0.05, 0.1) is 0 Å². The van der Waals surface area contributed by atoms with Crippen molar-refractivity contribution in [1.82, 2.24) is 4.90 Å². The third-order valence-corrected chi connectivity index (χ3v) is 6.01. The Morgan fingerprint density at radius 1 is 1.47 bits per heavy atom. The minimum Gasteiger partial charge on any atom is -0.299 e. The van der Waals surface area contributed by atoms with Crippen molar-refractivity contribution in [3.05, 3.63) is 21.9 Å². The van der Waals surface area contributed by atoms with Crippen LogP contribution in [0.1, 0.15) is 50.1 Å². The molecule has 0 aromatic carbocycles. The largest absolute Gasteiger partial charge is 0.299 e. The maximum absolute atomic E-state index is 12.4. The summed E-state index contributed by atoms with van der Waals surface area (Å²) >= 11 is 1.88. The third-order valence-electron chi connectivity index (χ3n) is 5.01. The second kappa shape index (κ2) is 4.71. The number of rotatable bonds is 2. The smallest absolute Gasteiger partial charge is 0.142 e. The van der Waals surface area contributed by atoms with Crippen LogP contribution in [0.2, 0.25) is 0 Å². The van der Waals surface area contributed by atoms with Crippen molar-refractivity contribution in [2.75, 3.05) is 13.1 Å². The summed E-state index contributed by atoms with van der Waals surface area (Å²) in [4.78, 5) is 16.4. The van der Waals surface area contributed by atoms with Crippen molar-refractivity contribution in [2.45, 2.75) is 46.1 Å². The van der Waals surface area contributed by atoms with Gasteiger partial charge in [0.1, 0.15) is 5.78 Å². The lowest BCUT2D eigenvalue weighted by molar-refractivity contribution is -0.128. The fraction of sp³-hybridized carbons (Fsp3) is 0.688. The number of carbonyl (C=O) groups excluding carboxylic acids is 1. The van der Waals surface area contributed by atoms with Crippen molar-refractivity contribution in [3.8, 4) is 0 Å². The van der Waals surface area contributed by atoms with Crippen LogP contribution in [0.3, 0.4) is 0 Å². The minimum atomic E-state index is -0.0861. The number of hydrogen-bond donors (Lipinski definition) is 0. The first-order chi connectivity index (χ1) is 8.99. The van der Waals surface area contributed by atoms with Crippen LogP contribution in [0.5, 0.6) is 0 Å². The van der Waals surface area contributed by atoms with E-state index in [1.54, 1.807) is 4.88 Å². The molecule has 2 aliphatic rings. The van der Waals surface area contributed by atoms with Gasteiger partial charge in [-0.3, -0.25) is 9.69 Å². The fourth-order valence-electron chi connectivity index (χ4n) is 3.61. The van der Waals surface area contributed by atoms with Crippen LogP contribution < -0.4 is 0 Å². The monoisotopic (exact) mass is 277 g/mol. The van der Waals surface area contributed by atoms with E-state index in [-0.39, 0.29) is 11.3 Å². The maximum Gasteiger partial charge on any atom is 0.142 e. The van der Waals surface area contributed by atoms with Crippen molar-refractivity contribution < 1.29 is 4.79 Å². The van der Waals surface area contributed by atoms with Crippen LogP contribution in [-0.2, 0) is 11.2 Å². The predicted molar refractivity (Wildman–Crippen MR) is 79.5 cm³/mol. The molecule has 3 heteroatoms. The van der Waals surface area contributed by atoms with Gasteiger partial charge in [0.2, 0.25) is 0 Å². The van der Waals surface area contributed by atoms with Gasteiger partial charge in [0.25, 0.3) is 0 Å². The van der Waals surface area contributed by atoms with Crippen molar-refractivity contribution in [2.24, 2.45) is 11.3 Å². The summed E-state index contributed by atoms with van der Waals surface area (Å²) < 4.78 is 0. The van der Waals surface area contributed by atoms with E-state index in [1.165, 1.54) is 5.56 Å². The summed E-state index contributed by atoms with van der Waals surface area (Å²) in [6.07, 6.45) is 3.29. The Hall–Kier alpha value is -0.670. The second-order valence-electron chi connectivity index (χ2n) is 6.70. The number of carbonyl (C=O) groups is 1. The number of Topliss-reactive ketones (excluding diaryl/α,β-unsaturated/α-hetero) is 1. The molecule has 0 saturated heterocycles. The molecule has 2 unspecified atom stereocenters. The van der Waals surface area contributed by atoms with E-state index in [0.717, 1.165) is 32.4 Å². The zero-order valence-electron chi connectivity index (χ0n) is 12.1. The molecular formula is C16H23NOS. The molecular weight excluding hydrogens is 254 g/mol. The van der Waals surface area contributed by atoms with E-state index in [2.05, 4.69) is 37.1 Å². The highest BCUT2D eigenvalue weighted by molar-refractivity contribution is 7.10. The number of ketones is 1. The first-order valence-corrected chi connectivity index (χ1v) is 8.21. The molecule has 1 aliphatic carbocycles. The van der Waals surface area contributed by atoms with Crippen LogP contribution >= 0.6 is 11.3 Å². The van der Waals surface area contributed by atoms with Gasteiger partial charge in [0.15, 0.2) is 0 Å². The standard InChI is InChI=1S/C16H23NOS/c1-11-13-6-9-19-14(13)5-8-17(11)10-12-4-7-16(2,3)15(12)18/h6,9,11-12H,4-5,7-8,10H2,1-3H3. The fourth-order valence-corrected chi connectivity index (χ4v) is 4.57. The van der Waals surface area contributed by atoms with Gasteiger partial charge in [-0.2, -0.15) is 0 Å². The number of hydrogen-bond acceptors (Lipinski definition) is 3. The highest BCUT2D eigenvalue weighted by atomic mass is 32.1. The van der Waals surface area contributed by atoms with Gasteiger partial charge in [-0.05, 0) is 43.2 Å². The van der Waals surface area contributed by atoms with Gasteiger partial charge in [0, 0.05) is 35.3 Å². The van der Waals surface area contributed by atoms with Crippen molar-refractivity contribution >= 4 is 17.1 Å². The second-order valence-corrected chi connectivity index (χ2v) is 7.70. The Morgan fingerprint density at radius 2 is 2.26 bits per heavy atom. The lowest BCUT2D eigenvalue weighted by Gasteiger charge is -2.35. The zero-order valence-corrected chi connectivity index (χ0v) is 12.9. The van der Waals surface area contributed by atoms with Crippen LogP contribution in [0.4, 0.5) is 0 Å². The average Bonchev–Trinajstić information content (AvgIpc) is 2.93. The van der Waals surface area contributed by atoms with Gasteiger partial charge < -0.3 is 0 Å². The zero-order chi connectivity index (χ0) is 13.6. The average molecular weight is 277 g/mol. The van der Waals surface area contributed by atoms with Crippen molar-refractivity contribution in [1.29, 1.82) is 0 Å². The molecule has 0 spiro atoms. The molecule has 0 N–H and O–H groups in total. The van der Waals surface area contributed by atoms with E-state index in [1.807, 2.05) is 11.3 Å². The van der Waals surface area contributed by atoms with E-state index < -0.39 is 0 Å². The molecule has 0 radical (unpaired) electrons. The van der Waals surface area contributed by atoms with E-state index in [9.17, 15) is 4.79 Å². The summed E-state index contributed by atoms with van der Waals surface area (Å²) in [5, 5.41) is 2.20. The van der Waals surface area contributed by atoms with E-state index in [4.69, 9.17) is 0 Å². The maximum atomic E-state index is 12.4. The van der Waals surface area contributed by atoms with Crippen LogP contribution in [0.25, 0.3) is 0 Å². The van der Waals surface area contributed by atoms with Gasteiger partial charge in [-0.15, -0.1) is 11.3 Å². The topological polar surface area (TPSA) is 20.3 Å². The van der Waals surface area contributed by atoms with Gasteiger partial charge >= 0.3 is 0 Å². The summed E-state index contributed by atoms with van der Waals surface area (Å²) in [5.41, 5.74) is 1.40. The molecule has 2 nitrogen and oxygen atoms in total. The minimum absolute atomic E-state index is 0.0861. The summed E-state index contributed by atoms with van der Waals surface area (Å²) in [5.74, 6) is 0.744. The lowest BCUT2D eigenvalue weighted by Crippen LogP contribution is -2.39. The molecule has 1 fully saturated rings. The molecule has 1 aliphatic heterocycles. The van der Waals surface area contributed by atoms with Gasteiger partial charge in [-0.25, -0.2) is 0 Å². The Bertz CT molecular complexity index is 491. The number of nitrogens with zero attached hydrogens (tertiary/aromatic N) is 1. The van der Waals surface area contributed by atoms with E-state index in [0.29, 0.717) is 11.8 Å². The quantitative estimate of drug-likeness (QED) is 0.822. The molecule has 1 saturated carbocycles. The third kappa shape index (κ3) is 2.27. The SMILES string of the molecule is CC1c2ccsc2CCN1CC1CCC(C)(C)C1=O. The Morgan fingerprint density at radius 3 is 2.95 bits per heavy atom.